The van der Waals surface area contributed by atoms with E-state index in [-0.39, 0.29) is 17.5 Å². The largest absolute Gasteiger partial charge is 0.347 e. The number of carbonyl (C=O) groups excluding carboxylic acids is 1. The first-order valence-corrected chi connectivity index (χ1v) is 8.76. The molecule has 1 atom stereocenters. The fourth-order valence-corrected chi connectivity index (χ4v) is 4.58. The first-order valence-electron chi connectivity index (χ1n) is 8.00. The fraction of sp³-hybridized carbons (Fsp3) is 0.588. The highest BCUT2D eigenvalue weighted by Gasteiger charge is 2.47. The maximum Gasteiger partial charge on any atom is 0.253 e. The van der Waals surface area contributed by atoms with Crippen LogP contribution in [0.1, 0.15) is 48.9 Å². The zero-order valence-electron chi connectivity index (χ0n) is 12.9. The minimum atomic E-state index is -0.0908. The van der Waals surface area contributed by atoms with Gasteiger partial charge < -0.3 is 5.32 Å². The van der Waals surface area contributed by atoms with Crippen molar-refractivity contribution in [1.82, 2.24) is 10.2 Å². The molecule has 3 rings (SSSR count). The number of benzene rings is 1. The lowest BCUT2D eigenvalue weighted by molar-refractivity contribution is 0.0764. The Bertz CT molecular complexity index is 570. The molecule has 0 radical (unpaired) electrons. The summed E-state index contributed by atoms with van der Waals surface area (Å²) in [5.74, 6) is -0.0908. The molecule has 0 aromatic heterocycles. The van der Waals surface area contributed by atoms with Crippen LogP contribution in [0.25, 0.3) is 0 Å². The highest BCUT2D eigenvalue weighted by molar-refractivity contribution is 6.36. The number of nitrogens with zero attached hydrogens (tertiary/aromatic N) is 1. The molecule has 22 heavy (non-hydrogen) atoms. The molecule has 1 N–H and O–H groups in total. The van der Waals surface area contributed by atoms with Crippen molar-refractivity contribution in [2.45, 2.75) is 50.1 Å². The second kappa shape index (κ2) is 6.38. The van der Waals surface area contributed by atoms with Crippen molar-refractivity contribution in [3.05, 3.63) is 33.8 Å². The van der Waals surface area contributed by atoms with Crippen LogP contribution < -0.4 is 5.32 Å². The summed E-state index contributed by atoms with van der Waals surface area (Å²) >= 11 is 12.1. The van der Waals surface area contributed by atoms with Crippen LogP contribution in [0.2, 0.25) is 10.0 Å². The summed E-state index contributed by atoms with van der Waals surface area (Å²) in [5, 5.41) is 4.20. The average Bonchev–Trinajstić information content (AvgIpc) is 2.77. The molecule has 120 valence electrons. The van der Waals surface area contributed by atoms with Gasteiger partial charge >= 0.3 is 0 Å². The quantitative estimate of drug-likeness (QED) is 0.877. The Morgan fingerprint density at radius 1 is 1.27 bits per heavy atom. The van der Waals surface area contributed by atoms with Crippen LogP contribution in [-0.2, 0) is 0 Å². The number of carbonyl (C=O) groups is 1. The van der Waals surface area contributed by atoms with Gasteiger partial charge in [0.05, 0.1) is 10.6 Å². The number of likely N-dealkylation sites (N-methyl/N-ethyl adjacent to an activating group) is 1. The third-order valence-electron chi connectivity index (χ3n) is 5.36. The zero-order chi connectivity index (χ0) is 15.7. The van der Waals surface area contributed by atoms with Gasteiger partial charge in [-0.3, -0.25) is 9.69 Å². The first kappa shape index (κ1) is 16.1. The number of amides is 1. The monoisotopic (exact) mass is 340 g/mol. The van der Waals surface area contributed by atoms with Gasteiger partial charge in [-0.05, 0) is 44.5 Å². The Kier molecular flexibility index (Phi) is 4.67. The van der Waals surface area contributed by atoms with E-state index in [2.05, 4.69) is 17.3 Å². The Balaban J connectivity index is 1.78. The van der Waals surface area contributed by atoms with Crippen LogP contribution in [0.3, 0.4) is 0 Å². The van der Waals surface area contributed by atoms with Gasteiger partial charge in [0.15, 0.2) is 0 Å². The second-order valence-electron chi connectivity index (χ2n) is 6.52. The lowest BCUT2D eigenvalue weighted by Crippen LogP contribution is -2.56. The Morgan fingerprint density at radius 2 is 2.00 bits per heavy atom. The number of rotatable bonds is 2. The zero-order valence-corrected chi connectivity index (χ0v) is 14.4. The molecule has 1 aliphatic carbocycles. The lowest BCUT2D eigenvalue weighted by atomic mass is 9.77. The first-order chi connectivity index (χ1) is 10.5. The summed E-state index contributed by atoms with van der Waals surface area (Å²) in [6, 6.07) is 5.23. The second-order valence-corrected chi connectivity index (χ2v) is 7.37. The van der Waals surface area contributed by atoms with Crippen LogP contribution in [0.5, 0.6) is 0 Å². The van der Waals surface area contributed by atoms with Crippen molar-refractivity contribution in [2.24, 2.45) is 0 Å². The van der Waals surface area contributed by atoms with E-state index < -0.39 is 0 Å². The Hall–Kier alpha value is -0.770. The van der Waals surface area contributed by atoms with Gasteiger partial charge in [-0.25, -0.2) is 0 Å². The van der Waals surface area contributed by atoms with Gasteiger partial charge in [0.2, 0.25) is 0 Å². The fourth-order valence-electron chi connectivity index (χ4n) is 4.09. The minimum absolute atomic E-state index is 0.0908. The molecule has 1 aromatic rings. The smallest absolute Gasteiger partial charge is 0.253 e. The van der Waals surface area contributed by atoms with E-state index in [4.69, 9.17) is 23.2 Å². The van der Waals surface area contributed by atoms with Crippen molar-refractivity contribution in [2.75, 3.05) is 13.6 Å². The maximum absolute atomic E-state index is 12.6. The van der Waals surface area contributed by atoms with Crippen molar-refractivity contribution in [3.8, 4) is 0 Å². The molecule has 1 amide bonds. The number of nitrogens with one attached hydrogen (secondary N) is 1. The number of hydrogen-bond acceptors (Lipinski definition) is 2. The highest BCUT2D eigenvalue weighted by atomic mass is 35.5. The van der Waals surface area contributed by atoms with Crippen LogP contribution in [0.15, 0.2) is 18.2 Å². The summed E-state index contributed by atoms with van der Waals surface area (Å²) in [6.45, 7) is 1.04. The molecule has 1 saturated carbocycles. The van der Waals surface area contributed by atoms with E-state index >= 15 is 0 Å². The number of halogens is 2. The highest BCUT2D eigenvalue weighted by Crippen LogP contribution is 2.41. The van der Waals surface area contributed by atoms with Gasteiger partial charge in [0.1, 0.15) is 0 Å². The molecule has 1 aliphatic heterocycles. The molecule has 0 bridgehead atoms. The topological polar surface area (TPSA) is 32.3 Å². The van der Waals surface area contributed by atoms with E-state index in [1.54, 1.807) is 18.2 Å². The lowest BCUT2D eigenvalue weighted by Gasteiger charge is -2.44. The van der Waals surface area contributed by atoms with E-state index in [1.165, 1.54) is 32.1 Å². The SMILES string of the molecule is CN1CCC(NC(=O)c2ccc(Cl)cc2Cl)C12CCCCC2. The minimum Gasteiger partial charge on any atom is -0.347 e. The molecule has 1 heterocycles. The molecular formula is C17H22Cl2N2O. The summed E-state index contributed by atoms with van der Waals surface area (Å²) in [7, 11) is 2.19. The summed E-state index contributed by atoms with van der Waals surface area (Å²) < 4.78 is 0. The van der Waals surface area contributed by atoms with Crippen LogP contribution in [0, 0.1) is 0 Å². The van der Waals surface area contributed by atoms with Gasteiger partial charge in [-0.15, -0.1) is 0 Å². The molecule has 5 heteroatoms. The predicted octanol–water partition coefficient (Wildman–Crippen LogP) is 4.13. The Morgan fingerprint density at radius 3 is 2.68 bits per heavy atom. The standard InChI is InChI=1S/C17H22Cl2N2O/c1-21-10-7-15(17(21)8-3-2-4-9-17)20-16(22)13-6-5-12(18)11-14(13)19/h5-6,11,15H,2-4,7-10H2,1H3,(H,20,22). The summed E-state index contributed by atoms with van der Waals surface area (Å²) in [5.41, 5.74) is 0.638. The molecular weight excluding hydrogens is 319 g/mol. The van der Waals surface area contributed by atoms with E-state index in [1.807, 2.05) is 0 Å². The number of hydrogen-bond donors (Lipinski definition) is 1. The van der Waals surface area contributed by atoms with Crippen LogP contribution in [-0.4, -0.2) is 36.0 Å². The van der Waals surface area contributed by atoms with E-state index in [0.717, 1.165) is 13.0 Å². The third-order valence-corrected chi connectivity index (χ3v) is 5.91. The van der Waals surface area contributed by atoms with Crippen molar-refractivity contribution in [1.29, 1.82) is 0 Å². The number of likely N-dealkylation sites (tertiary alicyclic amines) is 1. The predicted molar refractivity (Wildman–Crippen MR) is 90.8 cm³/mol. The molecule has 1 spiro atoms. The molecule has 1 aromatic carbocycles. The molecule has 3 nitrogen and oxygen atoms in total. The summed E-state index contributed by atoms with van der Waals surface area (Å²) in [4.78, 5) is 15.1. The van der Waals surface area contributed by atoms with Crippen molar-refractivity contribution >= 4 is 29.1 Å². The molecule has 1 unspecified atom stereocenters. The maximum atomic E-state index is 12.6. The van der Waals surface area contributed by atoms with Crippen molar-refractivity contribution in [3.63, 3.8) is 0 Å². The van der Waals surface area contributed by atoms with E-state index in [9.17, 15) is 4.79 Å². The molecule has 2 fully saturated rings. The van der Waals surface area contributed by atoms with Crippen LogP contribution in [0.4, 0.5) is 0 Å². The Labute approximate surface area is 142 Å². The van der Waals surface area contributed by atoms with Gasteiger partial charge in [-0.2, -0.15) is 0 Å². The summed E-state index contributed by atoms with van der Waals surface area (Å²) in [6.07, 6.45) is 7.15. The van der Waals surface area contributed by atoms with Gasteiger partial charge in [0.25, 0.3) is 5.91 Å². The van der Waals surface area contributed by atoms with E-state index in [0.29, 0.717) is 15.6 Å². The van der Waals surface area contributed by atoms with Crippen LogP contribution >= 0.6 is 23.2 Å². The molecule has 1 saturated heterocycles. The van der Waals surface area contributed by atoms with Crippen molar-refractivity contribution < 1.29 is 4.79 Å². The third kappa shape index (κ3) is 2.86. The van der Waals surface area contributed by atoms with Gasteiger partial charge in [0, 0.05) is 23.1 Å². The van der Waals surface area contributed by atoms with Gasteiger partial charge in [-0.1, -0.05) is 42.5 Å². The normalized spacial score (nSPS) is 24.6. The average molecular weight is 341 g/mol. The molecule has 2 aliphatic rings.